The van der Waals surface area contributed by atoms with Crippen molar-refractivity contribution in [3.8, 4) is 0 Å². The molecule has 0 amide bonds. The minimum absolute atomic E-state index is 0.277. The van der Waals surface area contributed by atoms with Gasteiger partial charge in [-0.2, -0.15) is 0 Å². The highest BCUT2D eigenvalue weighted by molar-refractivity contribution is 5.79. The van der Waals surface area contributed by atoms with Crippen molar-refractivity contribution in [2.24, 2.45) is 5.92 Å². The zero-order chi connectivity index (χ0) is 14.0. The van der Waals surface area contributed by atoms with E-state index in [0.29, 0.717) is 11.8 Å². The van der Waals surface area contributed by atoms with Crippen LogP contribution in [0.25, 0.3) is 11.0 Å². The van der Waals surface area contributed by atoms with Crippen LogP contribution in [0, 0.1) is 5.92 Å². The molecule has 0 aliphatic carbocycles. The van der Waals surface area contributed by atoms with Gasteiger partial charge >= 0.3 is 0 Å². The summed E-state index contributed by atoms with van der Waals surface area (Å²) >= 11 is 0. The summed E-state index contributed by atoms with van der Waals surface area (Å²) in [6.07, 6.45) is 1.17. The third kappa shape index (κ3) is 2.84. The number of rotatable bonds is 5. The van der Waals surface area contributed by atoms with Crippen LogP contribution in [0.1, 0.15) is 57.4 Å². The highest BCUT2D eigenvalue weighted by Gasteiger charge is 2.18. The maximum atomic E-state index is 5.99. The highest BCUT2D eigenvalue weighted by Crippen LogP contribution is 2.30. The summed E-state index contributed by atoms with van der Waals surface area (Å²) in [6.45, 7) is 8.91. The van der Waals surface area contributed by atoms with Gasteiger partial charge in [-0.3, -0.25) is 0 Å². The van der Waals surface area contributed by atoms with Gasteiger partial charge in [0.2, 0.25) is 0 Å². The molecular weight excluding hydrogens is 234 g/mol. The Hall–Kier alpha value is -1.28. The third-order valence-electron chi connectivity index (χ3n) is 4.03. The molecule has 0 radical (unpaired) electrons. The van der Waals surface area contributed by atoms with Crippen molar-refractivity contribution in [1.82, 2.24) is 5.32 Å². The van der Waals surface area contributed by atoms with Crippen LogP contribution in [0.3, 0.4) is 0 Å². The fourth-order valence-corrected chi connectivity index (χ4v) is 2.58. The summed E-state index contributed by atoms with van der Waals surface area (Å²) in [4.78, 5) is 0. The zero-order valence-electron chi connectivity index (χ0n) is 12.7. The standard InChI is InChI=1S/C17H25NO/c1-6-12(4)13-7-8-15-14(9-13)10-16(19-15)17(18-5)11(2)3/h7-12,17-18H,6H2,1-5H3. The van der Waals surface area contributed by atoms with Gasteiger partial charge in [-0.05, 0) is 49.1 Å². The number of hydrogen-bond donors (Lipinski definition) is 1. The minimum atomic E-state index is 0.277. The summed E-state index contributed by atoms with van der Waals surface area (Å²) < 4.78 is 5.99. The zero-order valence-corrected chi connectivity index (χ0v) is 12.7. The van der Waals surface area contributed by atoms with Crippen molar-refractivity contribution in [2.75, 3.05) is 7.05 Å². The van der Waals surface area contributed by atoms with Crippen molar-refractivity contribution < 1.29 is 4.42 Å². The van der Waals surface area contributed by atoms with Crippen LogP contribution in [0.15, 0.2) is 28.7 Å². The van der Waals surface area contributed by atoms with Crippen LogP contribution in [0.2, 0.25) is 0 Å². The van der Waals surface area contributed by atoms with Gasteiger partial charge in [0.1, 0.15) is 11.3 Å². The molecule has 2 unspecified atom stereocenters. The van der Waals surface area contributed by atoms with Crippen molar-refractivity contribution >= 4 is 11.0 Å². The Kier molecular flexibility index (Phi) is 4.31. The lowest BCUT2D eigenvalue weighted by Gasteiger charge is -2.16. The van der Waals surface area contributed by atoms with Crippen LogP contribution < -0.4 is 5.32 Å². The number of fused-ring (bicyclic) bond motifs is 1. The fourth-order valence-electron chi connectivity index (χ4n) is 2.58. The Labute approximate surface area is 116 Å². The summed E-state index contributed by atoms with van der Waals surface area (Å²) in [5, 5.41) is 4.55. The van der Waals surface area contributed by atoms with E-state index in [4.69, 9.17) is 4.42 Å². The van der Waals surface area contributed by atoms with E-state index in [0.717, 1.165) is 11.3 Å². The molecule has 1 heterocycles. The van der Waals surface area contributed by atoms with E-state index in [1.165, 1.54) is 17.4 Å². The highest BCUT2D eigenvalue weighted by atomic mass is 16.3. The second-order valence-electron chi connectivity index (χ2n) is 5.77. The van der Waals surface area contributed by atoms with E-state index < -0.39 is 0 Å². The monoisotopic (exact) mass is 259 g/mol. The molecule has 2 heteroatoms. The average Bonchev–Trinajstić information content (AvgIpc) is 2.80. The van der Waals surface area contributed by atoms with Gasteiger partial charge in [-0.1, -0.05) is 33.8 Å². The molecule has 2 atom stereocenters. The van der Waals surface area contributed by atoms with E-state index >= 15 is 0 Å². The fraction of sp³-hybridized carbons (Fsp3) is 0.529. The second kappa shape index (κ2) is 5.79. The average molecular weight is 259 g/mol. The van der Waals surface area contributed by atoms with E-state index in [1.807, 2.05) is 7.05 Å². The van der Waals surface area contributed by atoms with Crippen LogP contribution in [0.5, 0.6) is 0 Å². The largest absolute Gasteiger partial charge is 0.459 e. The summed E-state index contributed by atoms with van der Waals surface area (Å²) in [5.41, 5.74) is 2.39. The van der Waals surface area contributed by atoms with E-state index in [2.05, 4.69) is 57.3 Å². The smallest absolute Gasteiger partial charge is 0.134 e. The minimum Gasteiger partial charge on any atom is -0.459 e. The topological polar surface area (TPSA) is 25.2 Å². The summed E-state index contributed by atoms with van der Waals surface area (Å²) in [5.74, 6) is 2.15. The SMILES string of the molecule is CCC(C)c1ccc2oc(C(NC)C(C)C)cc2c1. The molecule has 0 spiro atoms. The Morgan fingerprint density at radius 1 is 1.16 bits per heavy atom. The number of benzene rings is 1. The van der Waals surface area contributed by atoms with Gasteiger partial charge < -0.3 is 9.73 Å². The van der Waals surface area contributed by atoms with Gasteiger partial charge in [0.15, 0.2) is 0 Å². The first kappa shape index (κ1) is 14.1. The predicted molar refractivity (Wildman–Crippen MR) is 81.6 cm³/mol. The van der Waals surface area contributed by atoms with Gasteiger partial charge in [0, 0.05) is 5.39 Å². The number of furan rings is 1. The number of hydrogen-bond acceptors (Lipinski definition) is 2. The van der Waals surface area contributed by atoms with Gasteiger partial charge in [-0.25, -0.2) is 0 Å². The molecule has 0 aliphatic heterocycles. The Morgan fingerprint density at radius 2 is 1.89 bits per heavy atom. The molecule has 0 saturated carbocycles. The van der Waals surface area contributed by atoms with Gasteiger partial charge in [0.05, 0.1) is 6.04 Å². The second-order valence-corrected chi connectivity index (χ2v) is 5.77. The third-order valence-corrected chi connectivity index (χ3v) is 4.03. The van der Waals surface area contributed by atoms with Crippen molar-refractivity contribution in [2.45, 2.75) is 46.1 Å². The summed E-state index contributed by atoms with van der Waals surface area (Å²) in [6, 6.07) is 9.02. The Morgan fingerprint density at radius 3 is 2.47 bits per heavy atom. The molecule has 1 N–H and O–H groups in total. The summed E-state index contributed by atoms with van der Waals surface area (Å²) in [7, 11) is 1.99. The molecular formula is C17H25NO. The lowest BCUT2D eigenvalue weighted by molar-refractivity contribution is 0.371. The molecule has 1 aromatic heterocycles. The van der Waals surface area contributed by atoms with Crippen molar-refractivity contribution in [1.29, 1.82) is 0 Å². The predicted octanol–water partition coefficient (Wildman–Crippen LogP) is 4.86. The first-order chi connectivity index (χ1) is 9.06. The molecule has 0 aliphatic rings. The lowest BCUT2D eigenvalue weighted by Crippen LogP contribution is -2.20. The molecule has 0 fully saturated rings. The molecule has 19 heavy (non-hydrogen) atoms. The maximum Gasteiger partial charge on any atom is 0.134 e. The Balaban J connectivity index is 2.40. The first-order valence-electron chi connectivity index (χ1n) is 7.27. The quantitative estimate of drug-likeness (QED) is 0.829. The van der Waals surface area contributed by atoms with Crippen LogP contribution in [-0.4, -0.2) is 7.05 Å². The molecule has 0 saturated heterocycles. The maximum absolute atomic E-state index is 5.99. The molecule has 2 aromatic rings. The van der Waals surface area contributed by atoms with Gasteiger partial charge in [0.25, 0.3) is 0 Å². The van der Waals surface area contributed by atoms with Crippen LogP contribution in [0.4, 0.5) is 0 Å². The lowest BCUT2D eigenvalue weighted by atomic mass is 9.97. The normalized spacial score (nSPS) is 15.1. The first-order valence-corrected chi connectivity index (χ1v) is 7.27. The van der Waals surface area contributed by atoms with Crippen molar-refractivity contribution in [3.05, 3.63) is 35.6 Å². The molecule has 2 rings (SSSR count). The number of nitrogens with one attached hydrogen (secondary N) is 1. The molecule has 2 nitrogen and oxygen atoms in total. The van der Waals surface area contributed by atoms with Crippen LogP contribution >= 0.6 is 0 Å². The van der Waals surface area contributed by atoms with E-state index in [1.54, 1.807) is 0 Å². The Bertz CT molecular complexity index is 541. The van der Waals surface area contributed by atoms with Gasteiger partial charge in [-0.15, -0.1) is 0 Å². The molecule has 104 valence electrons. The van der Waals surface area contributed by atoms with E-state index in [-0.39, 0.29) is 6.04 Å². The molecule has 0 bridgehead atoms. The van der Waals surface area contributed by atoms with Crippen molar-refractivity contribution in [3.63, 3.8) is 0 Å². The molecule has 1 aromatic carbocycles. The van der Waals surface area contributed by atoms with Crippen LogP contribution in [-0.2, 0) is 0 Å². The van der Waals surface area contributed by atoms with E-state index in [9.17, 15) is 0 Å².